The van der Waals surface area contributed by atoms with Crippen LogP contribution in [0.1, 0.15) is 150 Å². The highest BCUT2D eigenvalue weighted by molar-refractivity contribution is 5.90. The summed E-state index contributed by atoms with van der Waals surface area (Å²) in [6, 6.07) is 24.4. The molecule has 45 heavy (non-hydrogen) atoms. The van der Waals surface area contributed by atoms with Crippen LogP contribution in [0.3, 0.4) is 0 Å². The fourth-order valence-corrected chi connectivity index (χ4v) is 5.74. The first-order valence-electron chi connectivity index (χ1n) is 17.7. The Balaban J connectivity index is 1.49. The van der Waals surface area contributed by atoms with Crippen LogP contribution in [0, 0.1) is 11.3 Å². The highest BCUT2D eigenvalue weighted by Gasteiger charge is 2.18. The molecule has 0 aliphatic heterocycles. The van der Waals surface area contributed by atoms with Gasteiger partial charge >= 0.3 is 5.97 Å². The number of unbranched alkanes of at least 4 members (excludes halogenated alkanes) is 12. The first-order chi connectivity index (χ1) is 22.1. The lowest BCUT2D eigenvalue weighted by atomic mass is 9.98. The van der Waals surface area contributed by atoms with Crippen LogP contribution in [0.4, 0.5) is 0 Å². The summed E-state index contributed by atoms with van der Waals surface area (Å²) in [6.07, 6.45) is 19.1. The lowest BCUT2D eigenvalue weighted by Gasteiger charge is -2.18. The Morgan fingerprint density at radius 1 is 0.689 bits per heavy atom. The van der Waals surface area contributed by atoms with Crippen LogP contribution in [0.25, 0.3) is 11.1 Å². The fraction of sp³-hybridized carbons (Fsp3) is 0.512. The maximum atomic E-state index is 13.1. The maximum absolute atomic E-state index is 13.1. The van der Waals surface area contributed by atoms with Crippen LogP contribution in [-0.2, 0) is 11.2 Å². The van der Waals surface area contributed by atoms with Crippen molar-refractivity contribution in [2.45, 2.75) is 130 Å². The standard InChI is InChI=1S/C41H55NO3/c1-4-7-9-11-13-14-16-18-30-44-40-29-28-37(31-38(40)32-42)41(43)45-39(6-3)36-26-24-35(25-27-36)34-22-20-33(21-23-34)19-17-15-12-10-8-5-2/h20-29,31,39H,4-19,30H2,1-3H3. The molecule has 4 heteroatoms. The minimum Gasteiger partial charge on any atom is -0.492 e. The fourth-order valence-electron chi connectivity index (χ4n) is 5.74. The highest BCUT2D eigenvalue weighted by Crippen LogP contribution is 2.28. The van der Waals surface area contributed by atoms with Gasteiger partial charge in [0.15, 0.2) is 0 Å². The molecule has 3 rings (SSSR count). The molecule has 3 aromatic rings. The van der Waals surface area contributed by atoms with Gasteiger partial charge in [-0.2, -0.15) is 5.26 Å². The van der Waals surface area contributed by atoms with Gasteiger partial charge in [-0.1, -0.05) is 146 Å². The Kier molecular flexibility index (Phi) is 16.9. The van der Waals surface area contributed by atoms with E-state index in [0.29, 0.717) is 29.9 Å². The number of nitrogens with zero attached hydrogens (tertiary/aromatic N) is 1. The molecule has 0 amide bonds. The number of ether oxygens (including phenoxy) is 2. The van der Waals surface area contributed by atoms with E-state index in [1.807, 2.05) is 19.1 Å². The molecule has 0 radical (unpaired) electrons. The monoisotopic (exact) mass is 609 g/mol. The molecule has 0 fully saturated rings. The molecule has 0 heterocycles. The Morgan fingerprint density at radius 3 is 1.82 bits per heavy atom. The number of esters is 1. The first-order valence-corrected chi connectivity index (χ1v) is 17.7. The molecule has 0 aromatic heterocycles. The van der Waals surface area contributed by atoms with Crippen molar-refractivity contribution in [3.63, 3.8) is 0 Å². The van der Waals surface area contributed by atoms with Crippen molar-refractivity contribution in [2.75, 3.05) is 6.61 Å². The Labute approximate surface area is 273 Å². The first kappa shape index (κ1) is 35.9. The van der Waals surface area contributed by atoms with Crippen LogP contribution < -0.4 is 4.74 Å². The summed E-state index contributed by atoms with van der Waals surface area (Å²) < 4.78 is 11.8. The van der Waals surface area contributed by atoms with Gasteiger partial charge in [0, 0.05) is 0 Å². The number of hydrogen-bond acceptors (Lipinski definition) is 4. The van der Waals surface area contributed by atoms with Gasteiger partial charge in [0.05, 0.1) is 17.7 Å². The van der Waals surface area contributed by atoms with E-state index >= 15 is 0 Å². The molecule has 0 aliphatic carbocycles. The van der Waals surface area contributed by atoms with Crippen LogP contribution in [-0.4, -0.2) is 12.6 Å². The van der Waals surface area contributed by atoms with Gasteiger partial charge in [-0.25, -0.2) is 4.79 Å². The van der Waals surface area contributed by atoms with E-state index in [1.165, 1.54) is 88.2 Å². The highest BCUT2D eigenvalue weighted by atomic mass is 16.5. The Morgan fingerprint density at radius 2 is 1.24 bits per heavy atom. The minimum atomic E-state index is -0.432. The van der Waals surface area contributed by atoms with Gasteiger partial charge in [-0.15, -0.1) is 0 Å². The summed E-state index contributed by atoms with van der Waals surface area (Å²) in [5, 5.41) is 9.70. The van der Waals surface area contributed by atoms with E-state index in [1.54, 1.807) is 18.2 Å². The molecule has 0 saturated carbocycles. The van der Waals surface area contributed by atoms with E-state index in [-0.39, 0.29) is 6.10 Å². The normalized spacial score (nSPS) is 11.6. The van der Waals surface area contributed by atoms with Gasteiger partial charge in [0.2, 0.25) is 0 Å². The third-order valence-corrected chi connectivity index (χ3v) is 8.60. The zero-order valence-electron chi connectivity index (χ0n) is 28.1. The largest absolute Gasteiger partial charge is 0.492 e. The van der Waals surface area contributed by atoms with E-state index in [4.69, 9.17) is 9.47 Å². The third-order valence-electron chi connectivity index (χ3n) is 8.60. The molecular formula is C41H55NO3. The van der Waals surface area contributed by atoms with Gasteiger partial charge in [0.1, 0.15) is 17.9 Å². The number of rotatable bonds is 22. The van der Waals surface area contributed by atoms with Crippen molar-refractivity contribution < 1.29 is 14.3 Å². The molecule has 4 nitrogen and oxygen atoms in total. The molecule has 0 saturated heterocycles. The summed E-state index contributed by atoms with van der Waals surface area (Å²) >= 11 is 0. The van der Waals surface area contributed by atoms with E-state index in [9.17, 15) is 10.1 Å². The number of aryl methyl sites for hydroxylation is 1. The summed E-state index contributed by atoms with van der Waals surface area (Å²) in [5.41, 5.74) is 5.41. The van der Waals surface area contributed by atoms with Gasteiger partial charge < -0.3 is 9.47 Å². The summed E-state index contributed by atoms with van der Waals surface area (Å²) in [7, 11) is 0. The minimum absolute atomic E-state index is 0.361. The van der Waals surface area contributed by atoms with Crippen molar-refractivity contribution in [3.8, 4) is 22.9 Å². The van der Waals surface area contributed by atoms with E-state index < -0.39 is 5.97 Å². The lowest BCUT2D eigenvalue weighted by molar-refractivity contribution is 0.0288. The van der Waals surface area contributed by atoms with Crippen LogP contribution in [0.2, 0.25) is 0 Å². The smallest absolute Gasteiger partial charge is 0.338 e. The molecule has 0 bridgehead atoms. The average molecular weight is 610 g/mol. The van der Waals surface area contributed by atoms with Crippen molar-refractivity contribution in [1.82, 2.24) is 0 Å². The topological polar surface area (TPSA) is 59.3 Å². The molecule has 1 atom stereocenters. The van der Waals surface area contributed by atoms with Gasteiger partial charge in [-0.05, 0) is 66.1 Å². The third kappa shape index (κ3) is 12.7. The van der Waals surface area contributed by atoms with Crippen molar-refractivity contribution in [2.24, 2.45) is 0 Å². The van der Waals surface area contributed by atoms with Crippen molar-refractivity contribution in [3.05, 3.63) is 89.0 Å². The van der Waals surface area contributed by atoms with Gasteiger partial charge in [-0.3, -0.25) is 0 Å². The molecule has 242 valence electrons. The molecule has 3 aromatic carbocycles. The Bertz CT molecular complexity index is 1290. The average Bonchev–Trinajstić information content (AvgIpc) is 3.08. The number of benzene rings is 3. The summed E-state index contributed by atoms with van der Waals surface area (Å²) in [5.74, 6) is 0.0908. The number of carbonyl (C=O) groups is 1. The predicted molar refractivity (Wildman–Crippen MR) is 187 cm³/mol. The summed E-state index contributed by atoms with van der Waals surface area (Å²) in [6.45, 7) is 7.08. The lowest BCUT2D eigenvalue weighted by Crippen LogP contribution is -2.11. The molecule has 1 unspecified atom stereocenters. The van der Waals surface area contributed by atoms with Crippen LogP contribution >= 0.6 is 0 Å². The second kappa shape index (κ2) is 21.2. The molecule has 0 spiro atoms. The molecular weight excluding hydrogens is 554 g/mol. The number of carbonyl (C=O) groups excluding carboxylic acids is 1. The van der Waals surface area contributed by atoms with Gasteiger partial charge in [0.25, 0.3) is 0 Å². The van der Waals surface area contributed by atoms with Crippen molar-refractivity contribution in [1.29, 1.82) is 5.26 Å². The second-order valence-electron chi connectivity index (χ2n) is 12.3. The Hall–Kier alpha value is -3.58. The number of hydrogen-bond donors (Lipinski definition) is 0. The van der Waals surface area contributed by atoms with E-state index in [2.05, 4.69) is 56.3 Å². The quantitative estimate of drug-likeness (QED) is 0.0840. The second-order valence-corrected chi connectivity index (χ2v) is 12.3. The van der Waals surface area contributed by atoms with Crippen LogP contribution in [0.15, 0.2) is 66.7 Å². The van der Waals surface area contributed by atoms with E-state index in [0.717, 1.165) is 30.4 Å². The maximum Gasteiger partial charge on any atom is 0.338 e. The van der Waals surface area contributed by atoms with Crippen molar-refractivity contribution >= 4 is 5.97 Å². The zero-order valence-corrected chi connectivity index (χ0v) is 28.1. The number of nitriles is 1. The summed E-state index contributed by atoms with van der Waals surface area (Å²) in [4.78, 5) is 13.1. The zero-order chi connectivity index (χ0) is 32.1. The SMILES string of the molecule is CCCCCCCCCCOc1ccc(C(=O)OC(CC)c2ccc(-c3ccc(CCCCCCCC)cc3)cc2)cc1C#N. The molecule has 0 N–H and O–H groups in total. The predicted octanol–water partition coefficient (Wildman–Crippen LogP) is 12.0. The van der Waals surface area contributed by atoms with Crippen LogP contribution in [0.5, 0.6) is 5.75 Å². The molecule has 0 aliphatic rings.